The molecule has 0 amide bonds. The Hall–Kier alpha value is -1.79. The third kappa shape index (κ3) is 3.15. The average Bonchev–Trinajstić information content (AvgIpc) is 2.33. The number of hydrogen-bond acceptors (Lipinski definition) is 3. The van der Waals surface area contributed by atoms with Crippen molar-refractivity contribution in [3.8, 4) is 0 Å². The molecule has 2 aromatic rings. The second-order valence-electron chi connectivity index (χ2n) is 3.80. The van der Waals surface area contributed by atoms with Gasteiger partial charge in [-0.15, -0.1) is 0 Å². The van der Waals surface area contributed by atoms with Crippen molar-refractivity contribution in [2.75, 3.05) is 10.5 Å². The molecule has 7 heteroatoms. The van der Waals surface area contributed by atoms with E-state index in [-0.39, 0.29) is 15.6 Å². The minimum absolute atomic E-state index is 0.166. The molecule has 0 saturated heterocycles. The molecule has 0 spiro atoms. The van der Waals surface area contributed by atoms with Crippen LogP contribution in [-0.2, 0) is 10.0 Å². The van der Waals surface area contributed by atoms with Crippen molar-refractivity contribution in [3.05, 3.63) is 53.3 Å². The summed E-state index contributed by atoms with van der Waals surface area (Å²) in [6, 6.07) is 9.04. The van der Waals surface area contributed by atoms with Crippen LogP contribution < -0.4 is 10.5 Å². The van der Waals surface area contributed by atoms with Gasteiger partial charge in [0.2, 0.25) is 0 Å². The summed E-state index contributed by atoms with van der Waals surface area (Å²) in [5.41, 5.74) is 6.12. The van der Waals surface area contributed by atoms with E-state index in [4.69, 9.17) is 17.3 Å². The molecule has 3 N–H and O–H groups in total. The highest BCUT2D eigenvalue weighted by Gasteiger charge is 2.15. The molecule has 0 aliphatic heterocycles. The van der Waals surface area contributed by atoms with Crippen molar-refractivity contribution in [1.29, 1.82) is 0 Å². The van der Waals surface area contributed by atoms with Gasteiger partial charge in [-0.3, -0.25) is 4.72 Å². The molecule has 0 saturated carbocycles. The van der Waals surface area contributed by atoms with E-state index in [0.29, 0.717) is 5.69 Å². The minimum atomic E-state index is -3.85. The van der Waals surface area contributed by atoms with Crippen LogP contribution in [0.4, 0.5) is 15.8 Å². The quantitative estimate of drug-likeness (QED) is 0.856. The first kappa shape index (κ1) is 13.6. The predicted octanol–water partition coefficient (Wildman–Crippen LogP) is 2.86. The van der Waals surface area contributed by atoms with Crippen molar-refractivity contribution >= 4 is 33.0 Å². The smallest absolute Gasteiger partial charge is 0.261 e. The Labute approximate surface area is 115 Å². The van der Waals surface area contributed by atoms with Crippen LogP contribution in [0.15, 0.2) is 47.4 Å². The van der Waals surface area contributed by atoms with Crippen LogP contribution in [0.2, 0.25) is 5.02 Å². The minimum Gasteiger partial charge on any atom is -0.398 e. The van der Waals surface area contributed by atoms with Crippen molar-refractivity contribution < 1.29 is 12.8 Å². The number of nitrogens with two attached hydrogens (primary N) is 1. The van der Waals surface area contributed by atoms with E-state index in [1.165, 1.54) is 36.4 Å². The fourth-order valence-electron chi connectivity index (χ4n) is 1.44. The summed E-state index contributed by atoms with van der Waals surface area (Å²) in [5, 5.41) is 0.236. The topological polar surface area (TPSA) is 72.2 Å². The van der Waals surface area contributed by atoms with E-state index in [2.05, 4.69) is 4.72 Å². The standard InChI is InChI=1S/C12H10ClFN2O2S/c13-11-7-9(4-5-12(11)15)16-19(17,18)10-3-1-2-8(14)6-10/h1-7,16H,15H2. The lowest BCUT2D eigenvalue weighted by Gasteiger charge is -2.09. The summed E-state index contributed by atoms with van der Waals surface area (Å²) in [7, 11) is -3.85. The summed E-state index contributed by atoms with van der Waals surface area (Å²) >= 11 is 5.79. The molecule has 2 aromatic carbocycles. The Morgan fingerprint density at radius 1 is 1.16 bits per heavy atom. The lowest BCUT2D eigenvalue weighted by Crippen LogP contribution is -2.13. The zero-order chi connectivity index (χ0) is 14.0. The summed E-state index contributed by atoms with van der Waals surface area (Å²) in [5.74, 6) is -0.627. The molecule has 0 aliphatic carbocycles. The van der Waals surface area contributed by atoms with E-state index >= 15 is 0 Å². The molecule has 0 bridgehead atoms. The zero-order valence-corrected chi connectivity index (χ0v) is 11.2. The molecule has 0 radical (unpaired) electrons. The van der Waals surface area contributed by atoms with E-state index in [1.54, 1.807) is 0 Å². The molecule has 19 heavy (non-hydrogen) atoms. The highest BCUT2D eigenvalue weighted by molar-refractivity contribution is 7.92. The van der Waals surface area contributed by atoms with Gasteiger partial charge in [-0.25, -0.2) is 12.8 Å². The molecule has 0 heterocycles. The molecule has 100 valence electrons. The van der Waals surface area contributed by atoms with E-state index in [9.17, 15) is 12.8 Å². The second-order valence-corrected chi connectivity index (χ2v) is 5.89. The largest absolute Gasteiger partial charge is 0.398 e. The van der Waals surface area contributed by atoms with Gasteiger partial charge in [-0.1, -0.05) is 17.7 Å². The van der Waals surface area contributed by atoms with Gasteiger partial charge in [0.1, 0.15) is 5.82 Å². The van der Waals surface area contributed by atoms with Gasteiger partial charge in [0.05, 0.1) is 21.3 Å². The van der Waals surface area contributed by atoms with Gasteiger partial charge in [0.25, 0.3) is 10.0 Å². The Morgan fingerprint density at radius 2 is 1.89 bits per heavy atom. The monoisotopic (exact) mass is 300 g/mol. The molecule has 0 unspecified atom stereocenters. The Bertz CT molecular complexity index is 719. The fourth-order valence-corrected chi connectivity index (χ4v) is 2.70. The number of hydrogen-bond donors (Lipinski definition) is 2. The third-order valence-electron chi connectivity index (χ3n) is 2.36. The van der Waals surface area contributed by atoms with Crippen molar-refractivity contribution in [2.24, 2.45) is 0 Å². The zero-order valence-electron chi connectivity index (χ0n) is 9.60. The molecule has 0 aliphatic rings. The number of halogens is 2. The van der Waals surface area contributed by atoms with Crippen molar-refractivity contribution in [1.82, 2.24) is 0 Å². The van der Waals surface area contributed by atoms with Gasteiger partial charge in [-0.2, -0.15) is 0 Å². The van der Waals surface area contributed by atoms with Gasteiger partial charge in [0.15, 0.2) is 0 Å². The van der Waals surface area contributed by atoms with Crippen LogP contribution >= 0.6 is 11.6 Å². The third-order valence-corrected chi connectivity index (χ3v) is 4.07. The Balaban J connectivity index is 2.33. The summed E-state index contributed by atoms with van der Waals surface area (Å²) in [6.45, 7) is 0. The normalized spacial score (nSPS) is 11.3. The van der Waals surface area contributed by atoms with Crippen LogP contribution in [0, 0.1) is 5.82 Å². The van der Waals surface area contributed by atoms with Crippen molar-refractivity contribution in [2.45, 2.75) is 4.90 Å². The molecule has 0 aromatic heterocycles. The second kappa shape index (κ2) is 5.07. The molecule has 0 fully saturated rings. The highest BCUT2D eigenvalue weighted by Crippen LogP contribution is 2.24. The first-order valence-electron chi connectivity index (χ1n) is 5.22. The van der Waals surface area contributed by atoms with Crippen LogP contribution in [-0.4, -0.2) is 8.42 Å². The van der Waals surface area contributed by atoms with Crippen LogP contribution in [0.1, 0.15) is 0 Å². The highest BCUT2D eigenvalue weighted by atomic mass is 35.5. The Morgan fingerprint density at radius 3 is 2.53 bits per heavy atom. The molecule has 2 rings (SSSR count). The maximum atomic E-state index is 13.0. The summed E-state index contributed by atoms with van der Waals surface area (Å²) in [6.07, 6.45) is 0. The molecular formula is C12H10ClFN2O2S. The van der Waals surface area contributed by atoms with E-state index < -0.39 is 15.8 Å². The maximum absolute atomic E-state index is 13.0. The predicted molar refractivity (Wildman–Crippen MR) is 73.1 cm³/mol. The number of nitrogen functional groups attached to an aromatic ring is 1. The average molecular weight is 301 g/mol. The first-order valence-corrected chi connectivity index (χ1v) is 7.08. The number of nitrogens with one attached hydrogen (secondary N) is 1. The lowest BCUT2D eigenvalue weighted by molar-refractivity contribution is 0.595. The van der Waals surface area contributed by atoms with E-state index in [1.807, 2.05) is 0 Å². The molecule has 0 atom stereocenters. The lowest BCUT2D eigenvalue weighted by atomic mass is 10.3. The van der Waals surface area contributed by atoms with Crippen LogP contribution in [0.25, 0.3) is 0 Å². The maximum Gasteiger partial charge on any atom is 0.261 e. The van der Waals surface area contributed by atoms with Gasteiger partial charge < -0.3 is 5.73 Å². The van der Waals surface area contributed by atoms with Gasteiger partial charge in [0, 0.05) is 0 Å². The van der Waals surface area contributed by atoms with E-state index in [0.717, 1.165) is 6.07 Å². The van der Waals surface area contributed by atoms with Crippen LogP contribution in [0.3, 0.4) is 0 Å². The van der Waals surface area contributed by atoms with Crippen molar-refractivity contribution in [3.63, 3.8) is 0 Å². The number of benzene rings is 2. The van der Waals surface area contributed by atoms with Crippen LogP contribution in [0.5, 0.6) is 0 Å². The van der Waals surface area contributed by atoms with Gasteiger partial charge >= 0.3 is 0 Å². The first-order chi connectivity index (χ1) is 8.88. The summed E-state index contributed by atoms with van der Waals surface area (Å²) < 4.78 is 39.3. The fraction of sp³-hybridized carbons (Fsp3) is 0. The Kier molecular flexibility index (Phi) is 3.64. The van der Waals surface area contributed by atoms with Gasteiger partial charge in [-0.05, 0) is 36.4 Å². The molecular weight excluding hydrogens is 291 g/mol. The SMILES string of the molecule is Nc1ccc(NS(=O)(=O)c2cccc(F)c2)cc1Cl. The number of anilines is 2. The molecule has 4 nitrogen and oxygen atoms in total. The number of rotatable bonds is 3. The summed E-state index contributed by atoms with van der Waals surface area (Å²) in [4.78, 5) is -0.166. The number of sulfonamides is 1.